The second-order valence-corrected chi connectivity index (χ2v) is 6.75. The molecule has 2 nitrogen and oxygen atoms in total. The molecule has 1 heterocycles. The van der Waals surface area contributed by atoms with Gasteiger partial charge in [-0.2, -0.15) is 0 Å². The summed E-state index contributed by atoms with van der Waals surface area (Å²) in [5.74, 6) is 2.14. The molecule has 1 saturated heterocycles. The van der Waals surface area contributed by atoms with Gasteiger partial charge >= 0.3 is 5.97 Å². The molecule has 0 aromatic carbocycles. The summed E-state index contributed by atoms with van der Waals surface area (Å²) in [7, 11) is 0. The molecule has 1 aliphatic heterocycles. The van der Waals surface area contributed by atoms with Crippen LogP contribution in [0.25, 0.3) is 0 Å². The molecule has 23 heavy (non-hydrogen) atoms. The Hall–Kier alpha value is -0.530. The highest BCUT2D eigenvalue weighted by Crippen LogP contribution is 2.37. The van der Waals surface area contributed by atoms with E-state index in [1.165, 1.54) is 32.1 Å². The van der Waals surface area contributed by atoms with Crippen molar-refractivity contribution in [2.75, 3.05) is 0 Å². The van der Waals surface area contributed by atoms with E-state index in [-0.39, 0.29) is 25.4 Å². The minimum atomic E-state index is 0. The Morgan fingerprint density at radius 2 is 1.52 bits per heavy atom. The van der Waals surface area contributed by atoms with Crippen molar-refractivity contribution in [2.45, 2.75) is 107 Å². The van der Waals surface area contributed by atoms with Gasteiger partial charge in [-0.3, -0.25) is 4.79 Å². The van der Waals surface area contributed by atoms with Crippen molar-refractivity contribution in [1.29, 1.82) is 0 Å². The van der Waals surface area contributed by atoms with Crippen molar-refractivity contribution < 1.29 is 9.53 Å². The molecule has 2 rings (SSSR count). The Labute approximate surface area is 146 Å². The molecule has 0 bridgehead atoms. The molecule has 3 unspecified atom stereocenters. The molecule has 0 aromatic rings. The highest BCUT2D eigenvalue weighted by molar-refractivity contribution is 5.74. The maximum Gasteiger partial charge on any atom is 0.309 e. The molecule has 0 N–H and O–H groups in total. The fourth-order valence-electron chi connectivity index (χ4n) is 3.44. The number of carbonyl (C=O) groups is 1. The summed E-state index contributed by atoms with van der Waals surface area (Å²) in [6.07, 6.45) is 8.98. The van der Waals surface area contributed by atoms with E-state index < -0.39 is 0 Å². The topological polar surface area (TPSA) is 26.3 Å². The first-order valence-corrected chi connectivity index (χ1v) is 9.78. The Morgan fingerprint density at radius 1 is 1.00 bits per heavy atom. The Bertz CT molecular complexity index is 280. The standard InChI is InChI=1S/C16H28O2.2C2H6.CH4/c1-11(2)12(3)15-10-14(16(17)18-15)9-13-7-5-4-6-8-13;2*1-2;/h11-15H,4-10H2,1-3H3;2*1-2H3;1H4. The molecule has 2 heteroatoms. The lowest BCUT2D eigenvalue weighted by Gasteiger charge is -2.23. The maximum atomic E-state index is 12.0. The molecule has 1 saturated carbocycles. The summed E-state index contributed by atoms with van der Waals surface area (Å²) in [6.45, 7) is 14.6. The van der Waals surface area contributed by atoms with Crippen LogP contribution in [0.3, 0.4) is 0 Å². The molecule has 1 aliphatic carbocycles. The summed E-state index contributed by atoms with van der Waals surface area (Å²) < 4.78 is 5.60. The fraction of sp³-hybridized carbons (Fsp3) is 0.952. The van der Waals surface area contributed by atoms with E-state index in [2.05, 4.69) is 20.8 Å². The van der Waals surface area contributed by atoms with Gasteiger partial charge in [0.2, 0.25) is 0 Å². The minimum Gasteiger partial charge on any atom is -0.462 e. The lowest BCUT2D eigenvalue weighted by molar-refractivity contribution is -0.146. The number of hydrogen-bond acceptors (Lipinski definition) is 2. The van der Waals surface area contributed by atoms with Gasteiger partial charge in [0.1, 0.15) is 6.10 Å². The van der Waals surface area contributed by atoms with Crippen molar-refractivity contribution in [3.8, 4) is 0 Å². The molecule has 2 fully saturated rings. The molecular weight excluding hydrogens is 284 g/mol. The van der Waals surface area contributed by atoms with Crippen molar-refractivity contribution in [3.05, 3.63) is 0 Å². The van der Waals surface area contributed by atoms with Crippen LogP contribution in [-0.4, -0.2) is 12.1 Å². The first kappa shape index (κ1) is 24.7. The fourth-order valence-corrected chi connectivity index (χ4v) is 3.44. The van der Waals surface area contributed by atoms with Crippen LogP contribution in [0, 0.1) is 23.7 Å². The van der Waals surface area contributed by atoms with Crippen LogP contribution in [0.1, 0.15) is 101 Å². The van der Waals surface area contributed by atoms with E-state index in [0.29, 0.717) is 11.8 Å². The SMILES string of the molecule is C.CC.CC.CC(C)C(C)C1CC(CC2CCCCC2)C(=O)O1. The van der Waals surface area contributed by atoms with E-state index in [1.54, 1.807) is 0 Å². The van der Waals surface area contributed by atoms with E-state index >= 15 is 0 Å². The van der Waals surface area contributed by atoms with Gasteiger partial charge in [0.25, 0.3) is 0 Å². The third-order valence-electron chi connectivity index (χ3n) is 5.10. The zero-order valence-corrected chi connectivity index (χ0v) is 16.2. The highest BCUT2D eigenvalue weighted by Gasteiger charge is 2.39. The number of carbonyl (C=O) groups excluding carboxylic acids is 1. The van der Waals surface area contributed by atoms with Gasteiger partial charge in [-0.15, -0.1) is 0 Å². The minimum absolute atomic E-state index is 0. The second-order valence-electron chi connectivity index (χ2n) is 6.75. The summed E-state index contributed by atoms with van der Waals surface area (Å²) in [5, 5.41) is 0. The zero-order chi connectivity index (χ0) is 17.1. The Morgan fingerprint density at radius 3 is 2.00 bits per heavy atom. The average Bonchev–Trinajstić information content (AvgIpc) is 2.92. The van der Waals surface area contributed by atoms with Crippen molar-refractivity contribution in [1.82, 2.24) is 0 Å². The van der Waals surface area contributed by atoms with Gasteiger partial charge in [-0.25, -0.2) is 0 Å². The Kier molecular flexibility index (Phi) is 14.9. The van der Waals surface area contributed by atoms with Crippen LogP contribution in [0.4, 0.5) is 0 Å². The van der Waals surface area contributed by atoms with E-state index in [0.717, 1.165) is 18.8 Å². The molecule has 0 amide bonds. The monoisotopic (exact) mass is 328 g/mol. The van der Waals surface area contributed by atoms with Crippen molar-refractivity contribution in [2.24, 2.45) is 23.7 Å². The molecule has 2 aliphatic rings. The van der Waals surface area contributed by atoms with E-state index in [1.807, 2.05) is 27.7 Å². The van der Waals surface area contributed by atoms with Gasteiger partial charge < -0.3 is 4.74 Å². The summed E-state index contributed by atoms with van der Waals surface area (Å²) in [6, 6.07) is 0. The third-order valence-corrected chi connectivity index (χ3v) is 5.10. The number of ether oxygens (including phenoxy) is 1. The van der Waals surface area contributed by atoms with Gasteiger partial charge in [-0.05, 0) is 30.6 Å². The molecule has 140 valence electrons. The molecule has 0 radical (unpaired) electrons. The quantitative estimate of drug-likeness (QED) is 0.526. The largest absolute Gasteiger partial charge is 0.462 e. The smallest absolute Gasteiger partial charge is 0.309 e. The normalized spacial score (nSPS) is 25.3. The predicted octanol–water partition coefficient (Wildman–Crippen LogP) is 6.87. The first-order chi connectivity index (χ1) is 10.6. The van der Waals surface area contributed by atoms with Crippen LogP contribution in [0.15, 0.2) is 0 Å². The molecule has 0 aromatic heterocycles. The lowest BCUT2D eigenvalue weighted by Crippen LogP contribution is -2.22. The molecular formula is C21H44O2. The van der Waals surface area contributed by atoms with Crippen molar-refractivity contribution in [3.63, 3.8) is 0 Å². The Balaban J connectivity index is 0. The first-order valence-electron chi connectivity index (χ1n) is 9.78. The van der Waals surface area contributed by atoms with Gasteiger partial charge in [0, 0.05) is 0 Å². The van der Waals surface area contributed by atoms with Gasteiger partial charge in [-0.1, -0.05) is 88.0 Å². The highest BCUT2D eigenvalue weighted by atomic mass is 16.6. The van der Waals surface area contributed by atoms with Crippen LogP contribution < -0.4 is 0 Å². The maximum absolute atomic E-state index is 12.0. The second kappa shape index (κ2) is 13.9. The van der Waals surface area contributed by atoms with Gasteiger partial charge in [0.05, 0.1) is 5.92 Å². The van der Waals surface area contributed by atoms with Crippen LogP contribution in [-0.2, 0) is 9.53 Å². The van der Waals surface area contributed by atoms with Crippen LogP contribution in [0.5, 0.6) is 0 Å². The molecule has 0 spiro atoms. The average molecular weight is 329 g/mol. The van der Waals surface area contributed by atoms with E-state index in [4.69, 9.17) is 4.74 Å². The summed E-state index contributed by atoms with van der Waals surface area (Å²) in [4.78, 5) is 12.0. The third kappa shape index (κ3) is 8.22. The van der Waals surface area contributed by atoms with Crippen molar-refractivity contribution >= 4 is 5.97 Å². The summed E-state index contributed by atoms with van der Waals surface area (Å²) in [5.41, 5.74) is 0. The number of cyclic esters (lactones) is 1. The predicted molar refractivity (Wildman–Crippen MR) is 103 cm³/mol. The lowest BCUT2D eigenvalue weighted by atomic mass is 9.80. The zero-order valence-electron chi connectivity index (χ0n) is 16.2. The summed E-state index contributed by atoms with van der Waals surface area (Å²) >= 11 is 0. The van der Waals surface area contributed by atoms with Crippen LogP contribution >= 0.6 is 0 Å². The van der Waals surface area contributed by atoms with Crippen LogP contribution in [0.2, 0.25) is 0 Å². The number of esters is 1. The number of rotatable bonds is 4. The number of hydrogen-bond donors (Lipinski definition) is 0. The van der Waals surface area contributed by atoms with E-state index in [9.17, 15) is 4.79 Å². The van der Waals surface area contributed by atoms with Gasteiger partial charge in [0.15, 0.2) is 0 Å². The molecule has 3 atom stereocenters.